The quantitative estimate of drug-likeness (QED) is 0.905. The van der Waals surface area contributed by atoms with Crippen molar-refractivity contribution in [3.05, 3.63) is 28.2 Å². The van der Waals surface area contributed by atoms with Gasteiger partial charge in [0.25, 0.3) is 0 Å². The van der Waals surface area contributed by atoms with Gasteiger partial charge in [0.05, 0.1) is 6.61 Å². The summed E-state index contributed by atoms with van der Waals surface area (Å²) in [5, 5.41) is 9.51. The molecule has 1 aliphatic rings. The highest BCUT2D eigenvalue weighted by molar-refractivity contribution is 9.10. The molecule has 0 aromatic heterocycles. The fourth-order valence-corrected chi connectivity index (χ4v) is 3.24. The van der Waals surface area contributed by atoms with Gasteiger partial charge in [0.15, 0.2) is 0 Å². The minimum atomic E-state index is 0.123. The molecule has 0 radical (unpaired) electrons. The molecule has 1 aromatic carbocycles. The van der Waals surface area contributed by atoms with Gasteiger partial charge in [0.1, 0.15) is 0 Å². The molecule has 2 nitrogen and oxygen atoms in total. The van der Waals surface area contributed by atoms with Crippen molar-refractivity contribution in [1.29, 1.82) is 0 Å². The molecule has 18 heavy (non-hydrogen) atoms. The lowest BCUT2D eigenvalue weighted by Crippen LogP contribution is -2.40. The Morgan fingerprint density at radius 1 is 1.39 bits per heavy atom. The van der Waals surface area contributed by atoms with E-state index in [1.165, 1.54) is 37.8 Å². The minimum absolute atomic E-state index is 0.123. The van der Waals surface area contributed by atoms with Crippen molar-refractivity contribution in [2.24, 2.45) is 0 Å². The van der Waals surface area contributed by atoms with E-state index >= 15 is 0 Å². The van der Waals surface area contributed by atoms with Crippen LogP contribution in [0.1, 0.15) is 44.6 Å². The first kappa shape index (κ1) is 13.9. The molecule has 0 spiro atoms. The summed E-state index contributed by atoms with van der Waals surface area (Å²) in [5.41, 5.74) is 2.26. The number of anilines is 1. The number of piperidine rings is 1. The Morgan fingerprint density at radius 3 is 2.94 bits per heavy atom. The second kappa shape index (κ2) is 6.58. The van der Waals surface area contributed by atoms with E-state index in [0.717, 1.165) is 16.6 Å². The van der Waals surface area contributed by atoms with E-state index in [9.17, 15) is 5.11 Å². The van der Waals surface area contributed by atoms with E-state index in [2.05, 4.69) is 33.8 Å². The third kappa shape index (κ3) is 3.07. The summed E-state index contributed by atoms with van der Waals surface area (Å²) < 4.78 is 1.09. The lowest BCUT2D eigenvalue weighted by atomic mass is 9.96. The summed E-state index contributed by atoms with van der Waals surface area (Å²) in [7, 11) is 0. The predicted octanol–water partition coefficient (Wildman–Crippen LogP) is 4.10. The second-order valence-corrected chi connectivity index (χ2v) is 5.98. The molecule has 0 amide bonds. The molecule has 1 atom stereocenters. The Balaban J connectivity index is 2.29. The lowest BCUT2D eigenvalue weighted by Gasteiger charge is -2.38. The summed E-state index contributed by atoms with van der Waals surface area (Å²) in [6.45, 7) is 3.49. The van der Waals surface area contributed by atoms with Crippen molar-refractivity contribution in [3.8, 4) is 0 Å². The molecule has 3 heteroatoms. The number of hydrogen-bond acceptors (Lipinski definition) is 2. The van der Waals surface area contributed by atoms with Gasteiger partial charge < -0.3 is 10.0 Å². The summed E-state index contributed by atoms with van der Waals surface area (Å²) in [5.74, 6) is 0. The van der Waals surface area contributed by atoms with Gasteiger partial charge in [-0.25, -0.2) is 0 Å². The number of benzene rings is 1. The van der Waals surface area contributed by atoms with Crippen LogP contribution in [-0.2, 0) is 6.61 Å². The zero-order valence-corrected chi connectivity index (χ0v) is 12.6. The molecule has 1 saturated heterocycles. The summed E-state index contributed by atoms with van der Waals surface area (Å²) >= 11 is 3.54. The van der Waals surface area contributed by atoms with Gasteiger partial charge in [-0.2, -0.15) is 0 Å². The SMILES string of the molecule is CCCC1CCCCN1c1cc(Br)ccc1CO. The highest BCUT2D eigenvalue weighted by atomic mass is 79.9. The molecule has 1 unspecified atom stereocenters. The van der Waals surface area contributed by atoms with Gasteiger partial charge in [-0.15, -0.1) is 0 Å². The maximum atomic E-state index is 9.51. The van der Waals surface area contributed by atoms with Crippen molar-refractivity contribution in [1.82, 2.24) is 0 Å². The van der Waals surface area contributed by atoms with Crippen LogP contribution in [0.15, 0.2) is 22.7 Å². The molecule has 1 aromatic rings. The van der Waals surface area contributed by atoms with Gasteiger partial charge in [-0.3, -0.25) is 0 Å². The average Bonchev–Trinajstić information content (AvgIpc) is 2.40. The van der Waals surface area contributed by atoms with E-state index in [-0.39, 0.29) is 6.61 Å². The first-order valence-corrected chi connectivity index (χ1v) is 7.71. The summed E-state index contributed by atoms with van der Waals surface area (Å²) in [6, 6.07) is 6.83. The van der Waals surface area contributed by atoms with Crippen molar-refractivity contribution in [2.75, 3.05) is 11.4 Å². The van der Waals surface area contributed by atoms with Gasteiger partial charge in [-0.1, -0.05) is 35.3 Å². The number of halogens is 1. The Kier molecular flexibility index (Phi) is 5.07. The smallest absolute Gasteiger partial charge is 0.0702 e. The number of aliphatic hydroxyl groups excluding tert-OH is 1. The van der Waals surface area contributed by atoms with Crippen LogP contribution in [0.2, 0.25) is 0 Å². The first-order chi connectivity index (χ1) is 8.76. The monoisotopic (exact) mass is 311 g/mol. The van der Waals surface area contributed by atoms with E-state index in [4.69, 9.17) is 0 Å². The van der Waals surface area contributed by atoms with Crippen LogP contribution in [-0.4, -0.2) is 17.7 Å². The van der Waals surface area contributed by atoms with Crippen LogP contribution < -0.4 is 4.90 Å². The first-order valence-electron chi connectivity index (χ1n) is 6.92. The number of aliphatic hydroxyl groups is 1. The summed E-state index contributed by atoms with van der Waals surface area (Å²) in [6.07, 6.45) is 6.35. The molecule has 2 rings (SSSR count). The fraction of sp³-hybridized carbons (Fsp3) is 0.600. The molecule has 0 saturated carbocycles. The fourth-order valence-electron chi connectivity index (χ4n) is 2.89. The molecule has 1 N–H and O–H groups in total. The maximum Gasteiger partial charge on any atom is 0.0702 e. The van der Waals surface area contributed by atoms with Crippen LogP contribution in [0.25, 0.3) is 0 Å². The minimum Gasteiger partial charge on any atom is -0.392 e. The second-order valence-electron chi connectivity index (χ2n) is 5.06. The van der Waals surface area contributed by atoms with Crippen LogP contribution in [0.3, 0.4) is 0 Å². The van der Waals surface area contributed by atoms with Crippen molar-refractivity contribution >= 4 is 21.6 Å². The normalized spacial score (nSPS) is 20.2. The van der Waals surface area contributed by atoms with Gasteiger partial charge >= 0.3 is 0 Å². The van der Waals surface area contributed by atoms with Gasteiger partial charge in [0.2, 0.25) is 0 Å². The van der Waals surface area contributed by atoms with Gasteiger partial charge in [0, 0.05) is 28.3 Å². The Bertz CT molecular complexity index is 392. The van der Waals surface area contributed by atoms with Crippen molar-refractivity contribution < 1.29 is 5.11 Å². The van der Waals surface area contributed by atoms with E-state index in [0.29, 0.717) is 6.04 Å². The van der Waals surface area contributed by atoms with Crippen LogP contribution in [0.5, 0.6) is 0 Å². The third-order valence-corrected chi connectivity index (χ3v) is 4.27. The largest absolute Gasteiger partial charge is 0.392 e. The van der Waals surface area contributed by atoms with Crippen molar-refractivity contribution in [3.63, 3.8) is 0 Å². The molecule has 1 fully saturated rings. The van der Waals surface area contributed by atoms with E-state index in [1.54, 1.807) is 0 Å². The van der Waals surface area contributed by atoms with E-state index < -0.39 is 0 Å². The zero-order valence-electron chi connectivity index (χ0n) is 11.0. The standard InChI is InChI=1S/C15H22BrNO/c1-2-5-14-6-3-4-9-17(14)15-10-13(16)8-7-12(15)11-18/h7-8,10,14,18H,2-6,9,11H2,1H3. The topological polar surface area (TPSA) is 23.5 Å². The molecule has 1 heterocycles. The Morgan fingerprint density at radius 2 is 2.22 bits per heavy atom. The van der Waals surface area contributed by atoms with Gasteiger partial charge in [-0.05, 0) is 37.8 Å². The molecule has 1 aliphatic heterocycles. The lowest BCUT2D eigenvalue weighted by molar-refractivity contribution is 0.281. The third-order valence-electron chi connectivity index (χ3n) is 3.78. The molecule has 100 valence electrons. The molecular weight excluding hydrogens is 290 g/mol. The highest BCUT2D eigenvalue weighted by Gasteiger charge is 2.23. The number of rotatable bonds is 4. The molecular formula is C15H22BrNO. The zero-order chi connectivity index (χ0) is 13.0. The van der Waals surface area contributed by atoms with Crippen LogP contribution in [0.4, 0.5) is 5.69 Å². The summed E-state index contributed by atoms with van der Waals surface area (Å²) in [4.78, 5) is 2.50. The van der Waals surface area contributed by atoms with E-state index in [1.807, 2.05) is 12.1 Å². The van der Waals surface area contributed by atoms with Crippen LogP contribution in [0, 0.1) is 0 Å². The van der Waals surface area contributed by atoms with Crippen LogP contribution >= 0.6 is 15.9 Å². The molecule has 0 aliphatic carbocycles. The Hall–Kier alpha value is -0.540. The Labute approximate surface area is 118 Å². The number of nitrogens with zero attached hydrogens (tertiary/aromatic N) is 1. The van der Waals surface area contributed by atoms with Crippen molar-refractivity contribution in [2.45, 2.75) is 51.7 Å². The maximum absolute atomic E-state index is 9.51. The predicted molar refractivity (Wildman–Crippen MR) is 80.0 cm³/mol. The molecule has 0 bridgehead atoms. The average molecular weight is 312 g/mol. The highest BCUT2D eigenvalue weighted by Crippen LogP contribution is 2.32. The number of hydrogen-bond donors (Lipinski definition) is 1.